The molecule has 0 bridgehead atoms. The van der Waals surface area contributed by atoms with Crippen molar-refractivity contribution in [2.45, 2.75) is 26.7 Å². The standard InChI is InChI=1S/C16H22N2O3/c1-3-18(13-8-5-4-6-9-13)15(21)17-11-7-10-16(2,12-17)14(19)20/h4-6,8-9H,3,7,10-12H2,1-2H3,(H,19,20). The minimum atomic E-state index is -0.843. The molecule has 2 rings (SSSR count). The Labute approximate surface area is 125 Å². The third kappa shape index (κ3) is 3.17. The third-order valence-corrected chi connectivity index (χ3v) is 4.10. The van der Waals surface area contributed by atoms with Crippen LogP contribution in [0.2, 0.25) is 0 Å². The van der Waals surface area contributed by atoms with E-state index in [0.717, 1.165) is 12.1 Å². The average Bonchev–Trinajstić information content (AvgIpc) is 2.49. The predicted molar refractivity (Wildman–Crippen MR) is 81.4 cm³/mol. The van der Waals surface area contributed by atoms with E-state index < -0.39 is 11.4 Å². The smallest absolute Gasteiger partial charge is 0.324 e. The van der Waals surface area contributed by atoms with Gasteiger partial charge in [-0.25, -0.2) is 4.79 Å². The van der Waals surface area contributed by atoms with Gasteiger partial charge >= 0.3 is 12.0 Å². The highest BCUT2D eigenvalue weighted by Crippen LogP contribution is 2.30. The number of carbonyl (C=O) groups excluding carboxylic acids is 1. The van der Waals surface area contributed by atoms with Crippen molar-refractivity contribution < 1.29 is 14.7 Å². The van der Waals surface area contributed by atoms with Crippen LogP contribution >= 0.6 is 0 Å². The number of hydrogen-bond acceptors (Lipinski definition) is 2. The van der Waals surface area contributed by atoms with Crippen LogP contribution < -0.4 is 4.90 Å². The number of aliphatic carboxylic acids is 1. The maximum Gasteiger partial charge on any atom is 0.324 e. The first-order valence-corrected chi connectivity index (χ1v) is 7.33. The summed E-state index contributed by atoms with van der Waals surface area (Å²) in [5, 5.41) is 9.36. The van der Waals surface area contributed by atoms with Crippen LogP contribution in [-0.2, 0) is 4.79 Å². The second-order valence-corrected chi connectivity index (χ2v) is 5.75. The van der Waals surface area contributed by atoms with Crippen molar-refractivity contribution in [2.75, 3.05) is 24.5 Å². The van der Waals surface area contributed by atoms with Gasteiger partial charge in [-0.1, -0.05) is 18.2 Å². The molecule has 1 saturated heterocycles. The Morgan fingerprint density at radius 1 is 1.33 bits per heavy atom. The van der Waals surface area contributed by atoms with Gasteiger partial charge in [-0.3, -0.25) is 9.69 Å². The molecule has 1 aliphatic rings. The summed E-state index contributed by atoms with van der Waals surface area (Å²) in [5.41, 5.74) is -0.00287. The van der Waals surface area contributed by atoms with Gasteiger partial charge in [-0.15, -0.1) is 0 Å². The van der Waals surface area contributed by atoms with E-state index in [4.69, 9.17) is 0 Å². The Kier molecular flexibility index (Phi) is 4.50. The molecule has 114 valence electrons. The van der Waals surface area contributed by atoms with Crippen LogP contribution in [-0.4, -0.2) is 41.6 Å². The molecule has 1 aromatic carbocycles. The second-order valence-electron chi connectivity index (χ2n) is 5.75. The van der Waals surface area contributed by atoms with Gasteiger partial charge in [0.2, 0.25) is 0 Å². The molecule has 5 heteroatoms. The first kappa shape index (κ1) is 15.4. The highest BCUT2D eigenvalue weighted by molar-refractivity contribution is 5.92. The molecule has 1 heterocycles. The van der Waals surface area contributed by atoms with Gasteiger partial charge in [0.15, 0.2) is 0 Å². The molecule has 2 amide bonds. The van der Waals surface area contributed by atoms with E-state index in [9.17, 15) is 14.7 Å². The largest absolute Gasteiger partial charge is 0.481 e. The summed E-state index contributed by atoms with van der Waals surface area (Å²) in [5.74, 6) is -0.831. The Hall–Kier alpha value is -2.04. The van der Waals surface area contributed by atoms with E-state index in [2.05, 4.69) is 0 Å². The van der Waals surface area contributed by atoms with E-state index in [1.807, 2.05) is 37.3 Å². The number of benzene rings is 1. The molecule has 5 nitrogen and oxygen atoms in total. The molecule has 1 atom stereocenters. The zero-order valence-electron chi connectivity index (χ0n) is 12.6. The number of hydrogen-bond donors (Lipinski definition) is 1. The molecular weight excluding hydrogens is 268 g/mol. The molecule has 0 aromatic heterocycles. The number of likely N-dealkylation sites (tertiary alicyclic amines) is 1. The lowest BCUT2D eigenvalue weighted by molar-refractivity contribution is -0.150. The van der Waals surface area contributed by atoms with Gasteiger partial charge in [0, 0.05) is 25.3 Å². The molecule has 0 radical (unpaired) electrons. The van der Waals surface area contributed by atoms with Crippen LogP contribution in [0.25, 0.3) is 0 Å². The summed E-state index contributed by atoms with van der Waals surface area (Å²) < 4.78 is 0. The first-order chi connectivity index (χ1) is 9.98. The average molecular weight is 290 g/mol. The van der Waals surface area contributed by atoms with Crippen LogP contribution in [0.3, 0.4) is 0 Å². The monoisotopic (exact) mass is 290 g/mol. The van der Waals surface area contributed by atoms with Crippen molar-refractivity contribution >= 4 is 17.7 Å². The molecule has 1 N–H and O–H groups in total. The van der Waals surface area contributed by atoms with E-state index in [1.165, 1.54) is 0 Å². The van der Waals surface area contributed by atoms with Crippen molar-refractivity contribution in [1.82, 2.24) is 4.90 Å². The fraction of sp³-hybridized carbons (Fsp3) is 0.500. The molecule has 1 fully saturated rings. The number of amides is 2. The molecular formula is C16H22N2O3. The fourth-order valence-corrected chi connectivity index (χ4v) is 2.78. The third-order valence-electron chi connectivity index (χ3n) is 4.10. The SMILES string of the molecule is CCN(C(=O)N1CCCC(C)(C(=O)O)C1)c1ccccc1. The van der Waals surface area contributed by atoms with Gasteiger partial charge in [0.25, 0.3) is 0 Å². The van der Waals surface area contributed by atoms with E-state index >= 15 is 0 Å². The molecule has 1 aliphatic heterocycles. The molecule has 0 aliphatic carbocycles. The van der Waals surface area contributed by atoms with Crippen molar-refractivity contribution in [2.24, 2.45) is 5.41 Å². The quantitative estimate of drug-likeness (QED) is 0.931. The minimum Gasteiger partial charge on any atom is -0.481 e. The summed E-state index contributed by atoms with van der Waals surface area (Å²) in [6, 6.07) is 9.36. The fourth-order valence-electron chi connectivity index (χ4n) is 2.78. The highest BCUT2D eigenvalue weighted by atomic mass is 16.4. The molecule has 1 unspecified atom stereocenters. The Balaban J connectivity index is 2.16. The predicted octanol–water partition coefficient (Wildman–Crippen LogP) is 2.82. The highest BCUT2D eigenvalue weighted by Gasteiger charge is 2.40. The van der Waals surface area contributed by atoms with Crippen molar-refractivity contribution in [3.63, 3.8) is 0 Å². The maximum atomic E-state index is 12.7. The number of urea groups is 1. The van der Waals surface area contributed by atoms with Gasteiger partial charge in [0.05, 0.1) is 5.41 Å². The maximum absolute atomic E-state index is 12.7. The van der Waals surface area contributed by atoms with E-state index in [1.54, 1.807) is 16.7 Å². The van der Waals surface area contributed by atoms with Crippen LogP contribution in [0, 0.1) is 5.41 Å². The summed E-state index contributed by atoms with van der Waals surface area (Å²) in [4.78, 5) is 27.5. The molecule has 1 aromatic rings. The normalized spacial score (nSPS) is 21.9. The lowest BCUT2D eigenvalue weighted by Crippen LogP contribution is -2.52. The summed E-state index contributed by atoms with van der Waals surface area (Å²) in [6.07, 6.45) is 1.34. The van der Waals surface area contributed by atoms with E-state index in [-0.39, 0.29) is 12.6 Å². The van der Waals surface area contributed by atoms with E-state index in [0.29, 0.717) is 19.5 Å². The summed E-state index contributed by atoms with van der Waals surface area (Å²) in [7, 11) is 0. The van der Waals surface area contributed by atoms with Crippen molar-refractivity contribution in [3.05, 3.63) is 30.3 Å². The van der Waals surface area contributed by atoms with Gasteiger partial charge in [-0.2, -0.15) is 0 Å². The minimum absolute atomic E-state index is 0.115. The van der Waals surface area contributed by atoms with Gasteiger partial charge in [0.1, 0.15) is 0 Å². The van der Waals surface area contributed by atoms with Gasteiger partial charge in [-0.05, 0) is 38.8 Å². The van der Waals surface area contributed by atoms with Crippen molar-refractivity contribution in [3.8, 4) is 0 Å². The molecule has 0 spiro atoms. The van der Waals surface area contributed by atoms with Crippen LogP contribution in [0.15, 0.2) is 30.3 Å². The number of carbonyl (C=O) groups is 2. The van der Waals surface area contributed by atoms with Gasteiger partial charge < -0.3 is 10.0 Å². The zero-order chi connectivity index (χ0) is 15.5. The summed E-state index contributed by atoms with van der Waals surface area (Å²) >= 11 is 0. The molecule has 0 saturated carbocycles. The number of carboxylic acid groups (broad SMARTS) is 1. The zero-order valence-corrected chi connectivity index (χ0v) is 12.6. The number of rotatable bonds is 3. The summed E-state index contributed by atoms with van der Waals surface area (Å²) in [6.45, 7) is 5.08. The van der Waals surface area contributed by atoms with Crippen molar-refractivity contribution in [1.29, 1.82) is 0 Å². The Morgan fingerprint density at radius 2 is 2.00 bits per heavy atom. The van der Waals surface area contributed by atoms with Crippen LogP contribution in [0.4, 0.5) is 10.5 Å². The number of nitrogens with zero attached hydrogens (tertiary/aromatic N) is 2. The lowest BCUT2D eigenvalue weighted by atomic mass is 9.82. The van der Waals surface area contributed by atoms with Crippen LogP contribution in [0.5, 0.6) is 0 Å². The van der Waals surface area contributed by atoms with Crippen LogP contribution in [0.1, 0.15) is 26.7 Å². The first-order valence-electron chi connectivity index (χ1n) is 7.33. The lowest BCUT2D eigenvalue weighted by Gasteiger charge is -2.39. The number of carboxylic acids is 1. The second kappa shape index (κ2) is 6.16. The number of anilines is 1. The number of para-hydroxylation sites is 1. The Morgan fingerprint density at radius 3 is 2.57 bits per heavy atom. The molecule has 21 heavy (non-hydrogen) atoms. The Bertz CT molecular complexity index is 518. The topological polar surface area (TPSA) is 60.9 Å². The number of piperidine rings is 1.